The van der Waals surface area contributed by atoms with Crippen LogP contribution in [0.3, 0.4) is 0 Å². The van der Waals surface area contributed by atoms with Gasteiger partial charge in [-0.3, -0.25) is 0 Å². The summed E-state index contributed by atoms with van der Waals surface area (Å²) in [6, 6.07) is 4.41. The molecule has 0 spiro atoms. The SMILES string of the molecule is COc1ccc2c(c1C1(N)CCCC1)CCCCC2. The van der Waals surface area contributed by atoms with Gasteiger partial charge in [0.05, 0.1) is 7.11 Å². The number of hydrogen-bond donors (Lipinski definition) is 1. The van der Waals surface area contributed by atoms with Gasteiger partial charge >= 0.3 is 0 Å². The molecule has 0 unspecified atom stereocenters. The molecule has 0 atom stereocenters. The average molecular weight is 259 g/mol. The largest absolute Gasteiger partial charge is 0.496 e. The molecule has 104 valence electrons. The topological polar surface area (TPSA) is 35.2 Å². The second-order valence-corrected chi connectivity index (χ2v) is 6.20. The van der Waals surface area contributed by atoms with Crippen molar-refractivity contribution >= 4 is 0 Å². The molecule has 2 nitrogen and oxygen atoms in total. The van der Waals surface area contributed by atoms with Crippen LogP contribution in [-0.2, 0) is 18.4 Å². The molecule has 0 bridgehead atoms. The molecule has 0 saturated heterocycles. The molecule has 0 amide bonds. The van der Waals surface area contributed by atoms with Crippen LogP contribution in [-0.4, -0.2) is 7.11 Å². The summed E-state index contributed by atoms with van der Waals surface area (Å²) >= 11 is 0. The zero-order chi connectivity index (χ0) is 13.3. The first kappa shape index (κ1) is 13.0. The summed E-state index contributed by atoms with van der Waals surface area (Å²) in [6.45, 7) is 0. The van der Waals surface area contributed by atoms with Crippen LogP contribution in [0.4, 0.5) is 0 Å². The fraction of sp³-hybridized carbons (Fsp3) is 0.647. The molecule has 2 aliphatic rings. The highest BCUT2D eigenvalue weighted by molar-refractivity contribution is 5.50. The molecule has 2 N–H and O–H groups in total. The van der Waals surface area contributed by atoms with E-state index in [0.29, 0.717) is 0 Å². The van der Waals surface area contributed by atoms with Gasteiger partial charge in [0.1, 0.15) is 5.75 Å². The van der Waals surface area contributed by atoms with Gasteiger partial charge in [-0.05, 0) is 55.7 Å². The summed E-state index contributed by atoms with van der Waals surface area (Å²) in [6.07, 6.45) is 11.1. The number of fused-ring (bicyclic) bond motifs is 1. The van der Waals surface area contributed by atoms with Crippen molar-refractivity contribution in [1.29, 1.82) is 0 Å². The summed E-state index contributed by atoms with van der Waals surface area (Å²) in [5, 5.41) is 0. The summed E-state index contributed by atoms with van der Waals surface area (Å²) in [4.78, 5) is 0. The Kier molecular flexibility index (Phi) is 3.53. The van der Waals surface area contributed by atoms with Crippen LogP contribution < -0.4 is 10.5 Å². The van der Waals surface area contributed by atoms with Crippen LogP contribution in [0.15, 0.2) is 12.1 Å². The Balaban J connectivity index is 2.14. The number of benzene rings is 1. The number of nitrogens with two attached hydrogens (primary N) is 1. The summed E-state index contributed by atoms with van der Waals surface area (Å²) in [5.74, 6) is 1.02. The van der Waals surface area contributed by atoms with Crippen molar-refractivity contribution < 1.29 is 4.74 Å². The number of rotatable bonds is 2. The molecule has 0 radical (unpaired) electrons. The standard InChI is InChI=1S/C17H25NO/c1-19-15-10-9-13-7-3-2-4-8-14(13)16(15)17(18)11-5-6-12-17/h9-10H,2-8,11-12,18H2,1H3. The molecule has 19 heavy (non-hydrogen) atoms. The van der Waals surface area contributed by atoms with Crippen LogP contribution in [0.2, 0.25) is 0 Å². The zero-order valence-electron chi connectivity index (χ0n) is 12.0. The van der Waals surface area contributed by atoms with Crippen molar-refractivity contribution in [2.75, 3.05) is 7.11 Å². The van der Waals surface area contributed by atoms with Crippen molar-refractivity contribution in [3.05, 3.63) is 28.8 Å². The van der Waals surface area contributed by atoms with E-state index in [4.69, 9.17) is 10.5 Å². The fourth-order valence-electron chi connectivity index (χ4n) is 3.96. The first-order valence-corrected chi connectivity index (χ1v) is 7.73. The van der Waals surface area contributed by atoms with E-state index in [1.807, 2.05) is 0 Å². The Morgan fingerprint density at radius 3 is 2.47 bits per heavy atom. The second-order valence-electron chi connectivity index (χ2n) is 6.20. The van der Waals surface area contributed by atoms with Gasteiger partial charge in [0.15, 0.2) is 0 Å². The fourth-order valence-corrected chi connectivity index (χ4v) is 3.96. The Bertz CT molecular complexity index is 461. The normalized spacial score (nSPS) is 21.8. The number of aryl methyl sites for hydroxylation is 1. The predicted molar refractivity (Wildman–Crippen MR) is 78.6 cm³/mol. The molecule has 2 heteroatoms. The van der Waals surface area contributed by atoms with Gasteiger partial charge in [0, 0.05) is 11.1 Å². The van der Waals surface area contributed by atoms with E-state index in [2.05, 4.69) is 12.1 Å². The third-order valence-electron chi connectivity index (χ3n) is 4.96. The van der Waals surface area contributed by atoms with E-state index in [-0.39, 0.29) is 5.54 Å². The van der Waals surface area contributed by atoms with Crippen molar-refractivity contribution in [3.63, 3.8) is 0 Å². The van der Waals surface area contributed by atoms with Gasteiger partial charge in [-0.2, -0.15) is 0 Å². The summed E-state index contributed by atoms with van der Waals surface area (Å²) < 4.78 is 5.65. The van der Waals surface area contributed by atoms with Crippen LogP contribution in [0.1, 0.15) is 61.6 Å². The molecular weight excluding hydrogens is 234 g/mol. The number of methoxy groups -OCH3 is 1. The highest BCUT2D eigenvalue weighted by Crippen LogP contribution is 2.44. The van der Waals surface area contributed by atoms with Crippen molar-refractivity contribution in [2.24, 2.45) is 5.73 Å². The minimum Gasteiger partial charge on any atom is -0.496 e. The Morgan fingerprint density at radius 2 is 1.74 bits per heavy atom. The Hall–Kier alpha value is -1.02. The molecule has 1 aromatic rings. The van der Waals surface area contributed by atoms with E-state index in [9.17, 15) is 0 Å². The lowest BCUT2D eigenvalue weighted by Crippen LogP contribution is -2.35. The summed E-state index contributed by atoms with van der Waals surface area (Å²) in [5.41, 5.74) is 11.0. The molecule has 1 saturated carbocycles. The van der Waals surface area contributed by atoms with E-state index in [1.54, 1.807) is 7.11 Å². The molecule has 0 aliphatic heterocycles. The highest BCUT2D eigenvalue weighted by atomic mass is 16.5. The Labute approximate surface area is 116 Å². The second kappa shape index (κ2) is 5.16. The van der Waals surface area contributed by atoms with Crippen LogP contribution in [0, 0.1) is 0 Å². The lowest BCUT2D eigenvalue weighted by molar-refractivity contribution is 0.376. The first-order valence-electron chi connectivity index (χ1n) is 7.73. The molecule has 0 heterocycles. The first-order chi connectivity index (χ1) is 9.24. The average Bonchev–Trinajstić information content (AvgIpc) is 2.73. The van der Waals surface area contributed by atoms with E-state index in [1.165, 1.54) is 61.6 Å². The monoisotopic (exact) mass is 259 g/mol. The highest BCUT2D eigenvalue weighted by Gasteiger charge is 2.36. The van der Waals surface area contributed by atoms with Gasteiger partial charge in [-0.25, -0.2) is 0 Å². The third-order valence-corrected chi connectivity index (χ3v) is 4.96. The maximum Gasteiger partial charge on any atom is 0.124 e. The van der Waals surface area contributed by atoms with Crippen molar-refractivity contribution in [1.82, 2.24) is 0 Å². The number of ether oxygens (including phenoxy) is 1. The maximum atomic E-state index is 6.75. The molecule has 3 rings (SSSR count). The molecule has 1 fully saturated rings. The lowest BCUT2D eigenvalue weighted by atomic mass is 9.82. The van der Waals surface area contributed by atoms with E-state index < -0.39 is 0 Å². The third kappa shape index (κ3) is 2.27. The minimum atomic E-state index is -0.138. The van der Waals surface area contributed by atoms with E-state index in [0.717, 1.165) is 18.6 Å². The zero-order valence-corrected chi connectivity index (χ0v) is 12.0. The lowest BCUT2D eigenvalue weighted by Gasteiger charge is -2.30. The van der Waals surface area contributed by atoms with Crippen LogP contribution in [0.5, 0.6) is 5.75 Å². The van der Waals surface area contributed by atoms with Gasteiger partial charge in [0.2, 0.25) is 0 Å². The molecule has 1 aromatic carbocycles. The van der Waals surface area contributed by atoms with Crippen molar-refractivity contribution in [3.8, 4) is 5.75 Å². The van der Waals surface area contributed by atoms with Gasteiger partial charge in [-0.1, -0.05) is 25.3 Å². The molecule has 2 aliphatic carbocycles. The molecule has 0 aromatic heterocycles. The predicted octanol–water partition coefficient (Wildman–Crippen LogP) is 3.69. The van der Waals surface area contributed by atoms with Crippen LogP contribution in [0.25, 0.3) is 0 Å². The quantitative estimate of drug-likeness (QED) is 0.822. The maximum absolute atomic E-state index is 6.75. The minimum absolute atomic E-state index is 0.138. The smallest absolute Gasteiger partial charge is 0.124 e. The van der Waals surface area contributed by atoms with Gasteiger partial charge in [0.25, 0.3) is 0 Å². The molecular formula is C17H25NO. The van der Waals surface area contributed by atoms with Gasteiger partial charge in [-0.15, -0.1) is 0 Å². The van der Waals surface area contributed by atoms with Gasteiger partial charge < -0.3 is 10.5 Å². The van der Waals surface area contributed by atoms with E-state index >= 15 is 0 Å². The number of hydrogen-bond acceptors (Lipinski definition) is 2. The van der Waals surface area contributed by atoms with Crippen LogP contribution >= 0.6 is 0 Å². The van der Waals surface area contributed by atoms with Crippen molar-refractivity contribution in [2.45, 2.75) is 63.3 Å². The summed E-state index contributed by atoms with van der Waals surface area (Å²) in [7, 11) is 1.78. The Morgan fingerprint density at radius 1 is 1.00 bits per heavy atom.